The summed E-state index contributed by atoms with van der Waals surface area (Å²) in [5.41, 5.74) is 1.03. The summed E-state index contributed by atoms with van der Waals surface area (Å²) < 4.78 is 0. The van der Waals surface area contributed by atoms with Crippen molar-refractivity contribution in [1.29, 1.82) is 0 Å². The Morgan fingerprint density at radius 2 is 1.87 bits per heavy atom. The molecule has 82 valence electrons. The lowest BCUT2D eigenvalue weighted by Gasteiger charge is -2.04. The van der Waals surface area contributed by atoms with E-state index in [0.717, 1.165) is 12.0 Å². The van der Waals surface area contributed by atoms with Crippen molar-refractivity contribution in [3.8, 4) is 0 Å². The highest BCUT2D eigenvalue weighted by atomic mass is 35.5. The number of carbonyl (C=O) groups is 1. The van der Waals surface area contributed by atoms with Gasteiger partial charge in [0.15, 0.2) is 0 Å². The Morgan fingerprint density at radius 1 is 1.27 bits per heavy atom. The molecule has 0 heterocycles. The summed E-state index contributed by atoms with van der Waals surface area (Å²) in [6, 6.07) is 5.40. The highest BCUT2D eigenvalue weighted by molar-refractivity contribution is 6.34. The molecule has 1 N–H and O–H groups in total. The second-order valence-corrected chi connectivity index (χ2v) is 4.10. The molecule has 0 saturated carbocycles. The Kier molecular flexibility index (Phi) is 4.92. The molecule has 15 heavy (non-hydrogen) atoms. The minimum absolute atomic E-state index is 0.0584. The molecular formula is C11H13Cl2NO. The van der Waals surface area contributed by atoms with Crippen LogP contribution in [0.15, 0.2) is 18.2 Å². The molecule has 0 atom stereocenters. The van der Waals surface area contributed by atoms with Gasteiger partial charge in [-0.15, -0.1) is 0 Å². The maximum absolute atomic E-state index is 11.0. The van der Waals surface area contributed by atoms with Gasteiger partial charge in [-0.1, -0.05) is 30.1 Å². The van der Waals surface area contributed by atoms with Gasteiger partial charge in [0.05, 0.1) is 0 Å². The SMILES string of the molecule is CCC(=O)NCCc1cc(Cl)cc(Cl)c1. The van der Waals surface area contributed by atoms with Gasteiger partial charge in [0.2, 0.25) is 5.91 Å². The van der Waals surface area contributed by atoms with Crippen LogP contribution in [0.4, 0.5) is 0 Å². The Labute approximate surface area is 99.6 Å². The first-order chi connectivity index (χ1) is 7.11. The minimum Gasteiger partial charge on any atom is -0.356 e. The summed E-state index contributed by atoms with van der Waals surface area (Å²) in [4.78, 5) is 11.0. The third-order valence-corrected chi connectivity index (χ3v) is 2.42. The zero-order chi connectivity index (χ0) is 11.3. The third-order valence-electron chi connectivity index (χ3n) is 1.98. The molecular weight excluding hydrogens is 233 g/mol. The van der Waals surface area contributed by atoms with Crippen LogP contribution in [-0.4, -0.2) is 12.5 Å². The number of carbonyl (C=O) groups excluding carboxylic acids is 1. The van der Waals surface area contributed by atoms with E-state index in [2.05, 4.69) is 5.32 Å². The normalized spacial score (nSPS) is 10.1. The average Bonchev–Trinajstić information content (AvgIpc) is 2.16. The van der Waals surface area contributed by atoms with E-state index in [-0.39, 0.29) is 5.91 Å². The summed E-state index contributed by atoms with van der Waals surface area (Å²) >= 11 is 11.7. The van der Waals surface area contributed by atoms with E-state index in [1.54, 1.807) is 6.07 Å². The van der Waals surface area contributed by atoms with Gasteiger partial charge in [0.1, 0.15) is 0 Å². The monoisotopic (exact) mass is 245 g/mol. The molecule has 1 amide bonds. The van der Waals surface area contributed by atoms with E-state index in [1.807, 2.05) is 19.1 Å². The van der Waals surface area contributed by atoms with Crippen LogP contribution in [0, 0.1) is 0 Å². The van der Waals surface area contributed by atoms with Crippen LogP contribution in [0.2, 0.25) is 10.0 Å². The number of rotatable bonds is 4. The number of halogens is 2. The topological polar surface area (TPSA) is 29.1 Å². The number of hydrogen-bond donors (Lipinski definition) is 1. The molecule has 0 bridgehead atoms. The first kappa shape index (κ1) is 12.3. The van der Waals surface area contributed by atoms with Crippen LogP contribution in [-0.2, 0) is 11.2 Å². The van der Waals surface area contributed by atoms with Gasteiger partial charge in [-0.2, -0.15) is 0 Å². The fourth-order valence-electron chi connectivity index (χ4n) is 1.23. The van der Waals surface area contributed by atoms with Crippen molar-refractivity contribution < 1.29 is 4.79 Å². The van der Waals surface area contributed by atoms with Gasteiger partial charge >= 0.3 is 0 Å². The van der Waals surface area contributed by atoms with Gasteiger partial charge in [0.25, 0.3) is 0 Å². The Hall–Kier alpha value is -0.730. The standard InChI is InChI=1S/C11H13Cl2NO/c1-2-11(15)14-4-3-8-5-9(12)7-10(13)6-8/h5-7H,2-4H2,1H3,(H,14,15). The lowest BCUT2D eigenvalue weighted by molar-refractivity contribution is -0.120. The van der Waals surface area contributed by atoms with Gasteiger partial charge in [0, 0.05) is 23.0 Å². The molecule has 0 aliphatic carbocycles. The van der Waals surface area contributed by atoms with Crippen molar-refractivity contribution in [3.63, 3.8) is 0 Å². The highest BCUT2D eigenvalue weighted by Gasteiger charge is 2.00. The molecule has 0 radical (unpaired) electrons. The first-order valence-corrected chi connectivity index (χ1v) is 5.59. The van der Waals surface area contributed by atoms with Gasteiger partial charge in [-0.25, -0.2) is 0 Å². The number of hydrogen-bond acceptors (Lipinski definition) is 1. The molecule has 0 unspecified atom stereocenters. The molecule has 0 saturated heterocycles. The number of nitrogens with one attached hydrogen (secondary N) is 1. The van der Waals surface area contributed by atoms with E-state index >= 15 is 0 Å². The van der Waals surface area contributed by atoms with Crippen molar-refractivity contribution >= 4 is 29.1 Å². The molecule has 0 aliphatic rings. The predicted octanol–water partition coefficient (Wildman–Crippen LogP) is 3.06. The lowest BCUT2D eigenvalue weighted by atomic mass is 10.1. The molecule has 0 aliphatic heterocycles. The quantitative estimate of drug-likeness (QED) is 0.869. The summed E-state index contributed by atoms with van der Waals surface area (Å²) in [6.45, 7) is 2.44. The molecule has 0 fully saturated rings. The molecule has 0 spiro atoms. The van der Waals surface area contributed by atoms with Gasteiger partial charge < -0.3 is 5.32 Å². The molecule has 0 aromatic heterocycles. The highest BCUT2D eigenvalue weighted by Crippen LogP contribution is 2.19. The summed E-state index contributed by atoms with van der Waals surface area (Å²) in [7, 11) is 0. The van der Waals surface area contributed by atoms with Crippen LogP contribution < -0.4 is 5.32 Å². The van der Waals surface area contributed by atoms with E-state index in [0.29, 0.717) is 23.0 Å². The maximum Gasteiger partial charge on any atom is 0.219 e. The van der Waals surface area contributed by atoms with Crippen molar-refractivity contribution in [2.24, 2.45) is 0 Å². The molecule has 1 rings (SSSR count). The molecule has 2 nitrogen and oxygen atoms in total. The smallest absolute Gasteiger partial charge is 0.219 e. The summed E-state index contributed by atoms with van der Waals surface area (Å²) in [5.74, 6) is 0.0584. The average molecular weight is 246 g/mol. The molecule has 4 heteroatoms. The summed E-state index contributed by atoms with van der Waals surface area (Å²) in [5, 5.41) is 4.04. The fourth-order valence-corrected chi connectivity index (χ4v) is 1.80. The second-order valence-electron chi connectivity index (χ2n) is 3.23. The summed E-state index contributed by atoms with van der Waals surface area (Å²) in [6.07, 6.45) is 1.25. The van der Waals surface area contributed by atoms with Crippen LogP contribution in [0.25, 0.3) is 0 Å². The fraction of sp³-hybridized carbons (Fsp3) is 0.364. The van der Waals surface area contributed by atoms with Crippen molar-refractivity contribution in [1.82, 2.24) is 5.32 Å². The zero-order valence-electron chi connectivity index (χ0n) is 8.52. The first-order valence-electron chi connectivity index (χ1n) is 4.83. The van der Waals surface area contributed by atoms with Gasteiger partial charge in [-0.05, 0) is 30.2 Å². The van der Waals surface area contributed by atoms with E-state index in [4.69, 9.17) is 23.2 Å². The zero-order valence-corrected chi connectivity index (χ0v) is 10.0. The number of benzene rings is 1. The van der Waals surface area contributed by atoms with Gasteiger partial charge in [-0.3, -0.25) is 4.79 Å². The van der Waals surface area contributed by atoms with E-state index < -0.39 is 0 Å². The Balaban J connectivity index is 2.47. The van der Waals surface area contributed by atoms with E-state index in [9.17, 15) is 4.79 Å². The van der Waals surface area contributed by atoms with Crippen molar-refractivity contribution in [3.05, 3.63) is 33.8 Å². The minimum atomic E-state index is 0.0584. The predicted molar refractivity (Wildman–Crippen MR) is 63.5 cm³/mol. The maximum atomic E-state index is 11.0. The number of amides is 1. The molecule has 1 aromatic rings. The van der Waals surface area contributed by atoms with E-state index in [1.165, 1.54) is 0 Å². The largest absolute Gasteiger partial charge is 0.356 e. The Morgan fingerprint density at radius 3 is 2.40 bits per heavy atom. The van der Waals surface area contributed by atoms with Crippen LogP contribution in [0.5, 0.6) is 0 Å². The van der Waals surface area contributed by atoms with Crippen LogP contribution in [0.1, 0.15) is 18.9 Å². The Bertz CT molecular complexity index is 332. The third kappa shape index (κ3) is 4.54. The van der Waals surface area contributed by atoms with Crippen LogP contribution in [0.3, 0.4) is 0 Å². The van der Waals surface area contributed by atoms with Crippen LogP contribution >= 0.6 is 23.2 Å². The van der Waals surface area contributed by atoms with Crippen molar-refractivity contribution in [2.75, 3.05) is 6.54 Å². The van der Waals surface area contributed by atoms with Crippen molar-refractivity contribution in [2.45, 2.75) is 19.8 Å². The second kappa shape index (κ2) is 5.99. The lowest BCUT2D eigenvalue weighted by Crippen LogP contribution is -2.24. The molecule has 1 aromatic carbocycles.